The summed E-state index contributed by atoms with van der Waals surface area (Å²) in [4.78, 5) is 11.5. The number of rotatable bonds is 3. The number of esters is 1. The Bertz CT molecular complexity index is 585. The zero-order valence-corrected chi connectivity index (χ0v) is 14.9. The van der Waals surface area contributed by atoms with Crippen molar-refractivity contribution in [3.05, 3.63) is 17.2 Å². The molecule has 0 saturated carbocycles. The second kappa shape index (κ2) is 5.05. The number of carbonyl (C=O) groups excluding carboxylic acids is 1. The number of hydrogen-bond acceptors (Lipinski definition) is 4. The molecule has 116 valence electrons. The molecule has 0 saturated heterocycles. The first kappa shape index (κ1) is 15.9. The van der Waals surface area contributed by atoms with Gasteiger partial charge in [0.05, 0.1) is 13.5 Å². The maximum absolute atomic E-state index is 11.5. The molecule has 0 atom stereocenters. The Labute approximate surface area is 127 Å². The summed E-state index contributed by atoms with van der Waals surface area (Å²) >= 11 is 0. The van der Waals surface area contributed by atoms with E-state index in [1.807, 2.05) is 13.0 Å². The van der Waals surface area contributed by atoms with E-state index in [1.165, 1.54) is 0 Å². The standard InChI is InChI=1S/C16H24O4Si/c1-10-14-11(9-13(17)19-14)8-12(15(10)18-5)20-21(6,7)16(2,3)4/h8H,9H2,1-7H3. The average Bonchev–Trinajstić information content (AvgIpc) is 2.68. The molecule has 0 N–H and O–H groups in total. The van der Waals surface area contributed by atoms with E-state index < -0.39 is 8.32 Å². The molecule has 21 heavy (non-hydrogen) atoms. The maximum atomic E-state index is 11.5. The Morgan fingerprint density at radius 3 is 2.43 bits per heavy atom. The molecule has 0 amide bonds. The van der Waals surface area contributed by atoms with Crippen molar-refractivity contribution in [3.63, 3.8) is 0 Å². The monoisotopic (exact) mass is 308 g/mol. The first-order valence-corrected chi connectivity index (χ1v) is 10.1. The Kier molecular flexibility index (Phi) is 3.82. The fourth-order valence-corrected chi connectivity index (χ4v) is 3.16. The van der Waals surface area contributed by atoms with Crippen molar-refractivity contribution < 1.29 is 18.7 Å². The Morgan fingerprint density at radius 1 is 1.29 bits per heavy atom. The third kappa shape index (κ3) is 2.79. The van der Waals surface area contributed by atoms with Gasteiger partial charge in [0.25, 0.3) is 8.32 Å². The van der Waals surface area contributed by atoms with Gasteiger partial charge in [-0.2, -0.15) is 0 Å². The molecule has 2 rings (SSSR count). The summed E-state index contributed by atoms with van der Waals surface area (Å²) in [6, 6.07) is 1.90. The van der Waals surface area contributed by atoms with E-state index in [0.717, 1.165) is 16.9 Å². The Morgan fingerprint density at radius 2 is 1.90 bits per heavy atom. The predicted octanol–water partition coefficient (Wildman–Crippen LogP) is 3.85. The van der Waals surface area contributed by atoms with E-state index in [4.69, 9.17) is 13.9 Å². The summed E-state index contributed by atoms with van der Waals surface area (Å²) in [5, 5.41) is 0.0945. The SMILES string of the molecule is COc1c(O[Si](C)(C)C(C)(C)C)cc2c(c1C)OC(=O)C2. The number of benzene rings is 1. The highest BCUT2D eigenvalue weighted by atomic mass is 28.4. The van der Waals surface area contributed by atoms with Crippen molar-refractivity contribution in [1.82, 2.24) is 0 Å². The highest BCUT2D eigenvalue weighted by Crippen LogP contribution is 2.46. The summed E-state index contributed by atoms with van der Waals surface area (Å²) < 4.78 is 17.1. The second-order valence-electron chi connectivity index (χ2n) is 7.03. The van der Waals surface area contributed by atoms with Gasteiger partial charge in [-0.05, 0) is 31.1 Å². The molecule has 0 unspecified atom stereocenters. The Hall–Kier alpha value is -1.49. The molecule has 1 aromatic carbocycles. The van der Waals surface area contributed by atoms with Crippen LogP contribution < -0.4 is 13.9 Å². The fraction of sp³-hybridized carbons (Fsp3) is 0.562. The molecule has 5 heteroatoms. The summed E-state index contributed by atoms with van der Waals surface area (Å²) in [5.41, 5.74) is 1.71. The quantitative estimate of drug-likeness (QED) is 0.483. The largest absolute Gasteiger partial charge is 0.541 e. The molecule has 0 fully saturated rings. The highest BCUT2D eigenvalue weighted by molar-refractivity contribution is 6.74. The molecule has 4 nitrogen and oxygen atoms in total. The van der Waals surface area contributed by atoms with Gasteiger partial charge in [-0.25, -0.2) is 0 Å². The van der Waals surface area contributed by atoms with E-state index in [2.05, 4.69) is 33.9 Å². The van der Waals surface area contributed by atoms with E-state index in [0.29, 0.717) is 17.9 Å². The van der Waals surface area contributed by atoms with Crippen molar-refractivity contribution in [1.29, 1.82) is 0 Å². The van der Waals surface area contributed by atoms with Crippen LogP contribution in [0, 0.1) is 6.92 Å². The number of methoxy groups -OCH3 is 1. The molecular weight excluding hydrogens is 284 g/mol. The van der Waals surface area contributed by atoms with Crippen LogP contribution in [-0.4, -0.2) is 21.4 Å². The van der Waals surface area contributed by atoms with E-state index >= 15 is 0 Å². The van der Waals surface area contributed by atoms with Gasteiger partial charge in [0.1, 0.15) is 11.5 Å². The van der Waals surface area contributed by atoms with E-state index in [9.17, 15) is 4.79 Å². The third-order valence-corrected chi connectivity index (χ3v) is 8.77. The molecule has 0 bridgehead atoms. The van der Waals surface area contributed by atoms with Gasteiger partial charge in [0.15, 0.2) is 5.75 Å². The molecule has 0 aromatic heterocycles. The molecule has 1 aliphatic rings. The van der Waals surface area contributed by atoms with Gasteiger partial charge in [-0.3, -0.25) is 4.79 Å². The summed E-state index contributed by atoms with van der Waals surface area (Å²) in [6.45, 7) is 12.9. The van der Waals surface area contributed by atoms with Crippen LogP contribution in [0.5, 0.6) is 17.2 Å². The third-order valence-electron chi connectivity index (χ3n) is 4.43. The number of carbonyl (C=O) groups is 1. The topological polar surface area (TPSA) is 44.8 Å². The van der Waals surface area contributed by atoms with Crippen molar-refractivity contribution in [2.75, 3.05) is 7.11 Å². The van der Waals surface area contributed by atoms with Crippen molar-refractivity contribution in [2.45, 2.75) is 52.2 Å². The minimum atomic E-state index is -1.97. The first-order valence-electron chi connectivity index (χ1n) is 7.17. The zero-order chi connectivity index (χ0) is 16.0. The zero-order valence-electron chi connectivity index (χ0n) is 13.9. The van der Waals surface area contributed by atoms with Crippen LogP contribution in [0.4, 0.5) is 0 Å². The number of fused-ring (bicyclic) bond motifs is 1. The van der Waals surface area contributed by atoms with Gasteiger partial charge in [-0.1, -0.05) is 20.8 Å². The second-order valence-corrected chi connectivity index (χ2v) is 11.8. The Balaban J connectivity index is 2.48. The predicted molar refractivity (Wildman–Crippen MR) is 84.9 cm³/mol. The maximum Gasteiger partial charge on any atom is 0.315 e. The number of hydrogen-bond donors (Lipinski definition) is 0. The van der Waals surface area contributed by atoms with Crippen LogP contribution in [0.2, 0.25) is 18.1 Å². The van der Waals surface area contributed by atoms with Crippen molar-refractivity contribution >= 4 is 14.3 Å². The molecule has 0 radical (unpaired) electrons. The van der Waals surface area contributed by atoms with Crippen LogP contribution in [0.15, 0.2) is 6.07 Å². The van der Waals surface area contributed by atoms with Crippen LogP contribution in [-0.2, 0) is 11.2 Å². The van der Waals surface area contributed by atoms with E-state index in [-0.39, 0.29) is 11.0 Å². The van der Waals surface area contributed by atoms with Gasteiger partial charge < -0.3 is 13.9 Å². The fourth-order valence-electron chi connectivity index (χ4n) is 2.15. The summed E-state index contributed by atoms with van der Waals surface area (Å²) in [7, 11) is -0.357. The lowest BCUT2D eigenvalue weighted by Crippen LogP contribution is -2.44. The van der Waals surface area contributed by atoms with Crippen molar-refractivity contribution in [2.24, 2.45) is 0 Å². The lowest BCUT2D eigenvalue weighted by molar-refractivity contribution is -0.131. The van der Waals surface area contributed by atoms with E-state index in [1.54, 1.807) is 7.11 Å². The van der Waals surface area contributed by atoms with Gasteiger partial charge in [0.2, 0.25) is 0 Å². The summed E-state index contributed by atoms with van der Waals surface area (Å²) in [6.07, 6.45) is 0.300. The lowest BCUT2D eigenvalue weighted by Gasteiger charge is -2.37. The molecule has 0 spiro atoms. The lowest BCUT2D eigenvalue weighted by atomic mass is 10.1. The van der Waals surface area contributed by atoms with Gasteiger partial charge >= 0.3 is 5.97 Å². The van der Waals surface area contributed by atoms with Gasteiger partial charge in [0, 0.05) is 11.1 Å². The minimum Gasteiger partial charge on any atom is -0.541 e. The minimum absolute atomic E-state index is 0.0945. The molecular formula is C16H24O4Si. The molecule has 0 aliphatic carbocycles. The summed E-state index contributed by atoms with van der Waals surface area (Å²) in [5.74, 6) is 1.78. The molecule has 1 aromatic rings. The van der Waals surface area contributed by atoms with Crippen LogP contribution in [0.3, 0.4) is 0 Å². The molecule has 1 aliphatic heterocycles. The molecule has 1 heterocycles. The van der Waals surface area contributed by atoms with Crippen LogP contribution >= 0.6 is 0 Å². The highest BCUT2D eigenvalue weighted by Gasteiger charge is 2.40. The average molecular weight is 308 g/mol. The smallest absolute Gasteiger partial charge is 0.315 e. The van der Waals surface area contributed by atoms with Crippen LogP contribution in [0.25, 0.3) is 0 Å². The number of ether oxygens (including phenoxy) is 2. The van der Waals surface area contributed by atoms with Crippen molar-refractivity contribution in [3.8, 4) is 17.2 Å². The van der Waals surface area contributed by atoms with Crippen LogP contribution in [0.1, 0.15) is 31.9 Å². The first-order chi connectivity index (χ1) is 9.56. The normalized spacial score (nSPS) is 14.7. The van der Waals surface area contributed by atoms with Gasteiger partial charge in [-0.15, -0.1) is 0 Å².